The smallest absolute Gasteiger partial charge is 0.281 e. The van der Waals surface area contributed by atoms with Crippen LogP contribution in [0.15, 0.2) is 18.5 Å². The lowest BCUT2D eigenvalue weighted by molar-refractivity contribution is -0.141. The van der Waals surface area contributed by atoms with Crippen molar-refractivity contribution >= 4 is 28.9 Å². The SMILES string of the molecule is FC(F)(F)c1ccn2c(-c3nc(CCl)ns3)cnc2n1. The van der Waals surface area contributed by atoms with Crippen molar-refractivity contribution < 1.29 is 13.2 Å². The maximum absolute atomic E-state index is 12.6. The average Bonchev–Trinajstić information content (AvgIpc) is 3.02. The minimum atomic E-state index is -4.50. The van der Waals surface area contributed by atoms with Crippen LogP contribution in [0.3, 0.4) is 0 Å². The summed E-state index contributed by atoms with van der Waals surface area (Å²) in [4.78, 5) is 11.5. The molecule has 5 nitrogen and oxygen atoms in total. The Morgan fingerprint density at radius 1 is 1.30 bits per heavy atom. The van der Waals surface area contributed by atoms with E-state index >= 15 is 0 Å². The van der Waals surface area contributed by atoms with Crippen molar-refractivity contribution in [3.63, 3.8) is 0 Å². The fraction of sp³-hybridized carbons (Fsp3) is 0.200. The van der Waals surface area contributed by atoms with Crippen molar-refractivity contribution in [2.24, 2.45) is 0 Å². The molecule has 104 valence electrons. The van der Waals surface area contributed by atoms with Gasteiger partial charge in [0.1, 0.15) is 11.4 Å². The second-order valence-corrected chi connectivity index (χ2v) is 4.79. The molecule has 3 aromatic heterocycles. The van der Waals surface area contributed by atoms with E-state index < -0.39 is 11.9 Å². The molecule has 0 fully saturated rings. The van der Waals surface area contributed by atoms with Gasteiger partial charge in [0.05, 0.1) is 12.1 Å². The van der Waals surface area contributed by atoms with Crippen LogP contribution in [0, 0.1) is 0 Å². The highest BCUT2D eigenvalue weighted by Gasteiger charge is 2.33. The predicted octanol–water partition coefficient (Wildman–Crippen LogP) is 3.01. The molecule has 0 aromatic carbocycles. The van der Waals surface area contributed by atoms with Crippen LogP contribution in [0.4, 0.5) is 13.2 Å². The van der Waals surface area contributed by atoms with Gasteiger partial charge in [-0.1, -0.05) is 0 Å². The highest BCUT2D eigenvalue weighted by Crippen LogP contribution is 2.29. The third-order valence-corrected chi connectivity index (χ3v) is 3.49. The first-order chi connectivity index (χ1) is 9.49. The Bertz CT molecular complexity index is 766. The zero-order chi connectivity index (χ0) is 14.3. The molecule has 0 aliphatic carbocycles. The number of halogens is 4. The Morgan fingerprint density at radius 3 is 2.75 bits per heavy atom. The van der Waals surface area contributed by atoms with E-state index in [2.05, 4.69) is 19.3 Å². The average molecular weight is 320 g/mol. The van der Waals surface area contributed by atoms with E-state index in [0.29, 0.717) is 16.5 Å². The highest BCUT2D eigenvalue weighted by atomic mass is 35.5. The molecule has 0 aliphatic heterocycles. The molecule has 0 N–H and O–H groups in total. The quantitative estimate of drug-likeness (QED) is 0.681. The van der Waals surface area contributed by atoms with Gasteiger partial charge in [0.25, 0.3) is 0 Å². The van der Waals surface area contributed by atoms with Crippen molar-refractivity contribution in [1.82, 2.24) is 23.7 Å². The van der Waals surface area contributed by atoms with Gasteiger partial charge < -0.3 is 0 Å². The topological polar surface area (TPSA) is 56.0 Å². The summed E-state index contributed by atoms with van der Waals surface area (Å²) < 4.78 is 43.1. The standard InChI is InChI=1S/C10H5ClF3N5S/c11-3-7-17-8(20-18-7)5-4-15-9-16-6(10(12,13)14)1-2-19(5)9/h1-2,4H,3H2. The summed E-state index contributed by atoms with van der Waals surface area (Å²) in [5.41, 5.74) is -0.462. The summed E-state index contributed by atoms with van der Waals surface area (Å²) >= 11 is 6.71. The summed E-state index contributed by atoms with van der Waals surface area (Å²) in [5.74, 6) is 0.586. The third-order valence-electron chi connectivity index (χ3n) is 2.48. The molecule has 0 atom stereocenters. The molecule has 3 rings (SSSR count). The molecule has 3 heterocycles. The van der Waals surface area contributed by atoms with Crippen molar-refractivity contribution in [3.8, 4) is 10.7 Å². The molecule has 0 bridgehead atoms. The first-order valence-corrected chi connectivity index (χ1v) is 6.60. The number of fused-ring (bicyclic) bond motifs is 1. The fourth-order valence-electron chi connectivity index (χ4n) is 1.60. The van der Waals surface area contributed by atoms with Crippen LogP contribution in [-0.4, -0.2) is 23.7 Å². The lowest BCUT2D eigenvalue weighted by atomic mass is 10.4. The van der Waals surface area contributed by atoms with E-state index in [9.17, 15) is 13.2 Å². The maximum atomic E-state index is 12.6. The van der Waals surface area contributed by atoms with Crippen molar-refractivity contribution in [3.05, 3.63) is 30.0 Å². The van der Waals surface area contributed by atoms with E-state index in [1.165, 1.54) is 16.8 Å². The molecule has 0 radical (unpaired) electrons. The summed E-state index contributed by atoms with van der Waals surface area (Å²) in [6.45, 7) is 0. The molecule has 0 amide bonds. The Balaban J connectivity index is 2.10. The second kappa shape index (κ2) is 4.67. The van der Waals surface area contributed by atoms with Crippen molar-refractivity contribution in [1.29, 1.82) is 0 Å². The van der Waals surface area contributed by atoms with Gasteiger partial charge in [-0.3, -0.25) is 4.40 Å². The monoisotopic (exact) mass is 319 g/mol. The fourth-order valence-corrected chi connectivity index (χ4v) is 2.48. The van der Waals surface area contributed by atoms with E-state index in [4.69, 9.17) is 11.6 Å². The predicted molar refractivity (Wildman–Crippen MR) is 66.4 cm³/mol. The van der Waals surface area contributed by atoms with Crippen LogP contribution in [0.25, 0.3) is 16.5 Å². The van der Waals surface area contributed by atoms with Gasteiger partial charge in [-0.15, -0.1) is 11.6 Å². The lowest BCUT2D eigenvalue weighted by Gasteiger charge is -2.05. The van der Waals surface area contributed by atoms with Gasteiger partial charge in [0, 0.05) is 6.20 Å². The molecule has 0 unspecified atom stereocenters. The largest absolute Gasteiger partial charge is 0.433 e. The van der Waals surface area contributed by atoms with Gasteiger partial charge in [0.15, 0.2) is 10.8 Å². The van der Waals surface area contributed by atoms with Crippen molar-refractivity contribution in [2.45, 2.75) is 12.1 Å². The van der Waals surface area contributed by atoms with Gasteiger partial charge >= 0.3 is 6.18 Å². The number of nitrogens with zero attached hydrogens (tertiary/aromatic N) is 5. The van der Waals surface area contributed by atoms with E-state index in [1.54, 1.807) is 0 Å². The maximum Gasteiger partial charge on any atom is 0.433 e. The Morgan fingerprint density at radius 2 is 2.10 bits per heavy atom. The normalized spacial score (nSPS) is 12.2. The van der Waals surface area contributed by atoms with Crippen LogP contribution >= 0.6 is 23.1 Å². The van der Waals surface area contributed by atoms with Crippen LogP contribution in [-0.2, 0) is 12.1 Å². The zero-order valence-corrected chi connectivity index (χ0v) is 11.2. The number of imidazole rings is 1. The number of hydrogen-bond acceptors (Lipinski definition) is 5. The number of rotatable bonds is 2. The van der Waals surface area contributed by atoms with Gasteiger partial charge in [-0.05, 0) is 17.6 Å². The van der Waals surface area contributed by atoms with E-state index in [-0.39, 0.29) is 11.7 Å². The molecule has 3 aromatic rings. The number of hydrogen-bond donors (Lipinski definition) is 0. The lowest BCUT2D eigenvalue weighted by Crippen LogP contribution is -2.09. The molecular formula is C10H5ClF3N5S. The molecule has 20 heavy (non-hydrogen) atoms. The zero-order valence-electron chi connectivity index (χ0n) is 9.60. The van der Waals surface area contributed by atoms with Gasteiger partial charge in [-0.25, -0.2) is 15.0 Å². The first kappa shape index (κ1) is 13.3. The van der Waals surface area contributed by atoms with Crippen molar-refractivity contribution in [2.75, 3.05) is 0 Å². The second-order valence-electron chi connectivity index (χ2n) is 3.77. The number of alkyl halides is 4. The Kier molecular flexibility index (Phi) is 3.09. The Hall–Kier alpha value is -1.74. The summed E-state index contributed by atoms with van der Waals surface area (Å²) in [7, 11) is 0. The highest BCUT2D eigenvalue weighted by molar-refractivity contribution is 7.09. The first-order valence-electron chi connectivity index (χ1n) is 5.29. The molecular weight excluding hydrogens is 315 g/mol. The summed E-state index contributed by atoms with van der Waals surface area (Å²) in [6, 6.07) is 0.891. The third kappa shape index (κ3) is 2.22. The minimum Gasteiger partial charge on any atom is -0.281 e. The molecule has 0 aliphatic rings. The molecule has 0 saturated heterocycles. The van der Waals surface area contributed by atoms with E-state index in [1.807, 2.05) is 0 Å². The minimum absolute atomic E-state index is 0.0440. The van der Waals surface area contributed by atoms with Gasteiger partial charge in [0.2, 0.25) is 5.78 Å². The molecule has 10 heteroatoms. The Labute approximate surface area is 119 Å². The molecule has 0 spiro atoms. The number of aromatic nitrogens is 5. The van der Waals surface area contributed by atoms with Crippen LogP contribution in [0.1, 0.15) is 11.5 Å². The van der Waals surface area contributed by atoms with Gasteiger partial charge in [-0.2, -0.15) is 17.5 Å². The summed E-state index contributed by atoms with van der Waals surface area (Å²) in [6.07, 6.45) is -1.83. The molecule has 0 saturated carbocycles. The van der Waals surface area contributed by atoms with Crippen LogP contribution < -0.4 is 0 Å². The summed E-state index contributed by atoms with van der Waals surface area (Å²) in [5, 5.41) is 0.523. The van der Waals surface area contributed by atoms with Crippen LogP contribution in [0.5, 0.6) is 0 Å². The van der Waals surface area contributed by atoms with E-state index in [0.717, 1.165) is 17.6 Å². The van der Waals surface area contributed by atoms with Crippen LogP contribution in [0.2, 0.25) is 0 Å².